The van der Waals surface area contributed by atoms with Crippen molar-refractivity contribution in [3.63, 3.8) is 0 Å². The van der Waals surface area contributed by atoms with Crippen LogP contribution < -0.4 is 4.72 Å². The molecule has 0 aliphatic heterocycles. The fraction of sp³-hybridized carbons (Fsp3) is 0.0625. The van der Waals surface area contributed by atoms with Gasteiger partial charge in [-0.3, -0.25) is 4.72 Å². The summed E-state index contributed by atoms with van der Waals surface area (Å²) in [6.45, 7) is 1.91. The third-order valence-electron chi connectivity index (χ3n) is 3.27. The van der Waals surface area contributed by atoms with Crippen molar-refractivity contribution in [1.82, 2.24) is 9.78 Å². The monoisotopic (exact) mass is 331 g/mol. The van der Waals surface area contributed by atoms with E-state index in [-0.39, 0.29) is 4.90 Å². The molecule has 2 aromatic carbocycles. The van der Waals surface area contributed by atoms with Crippen LogP contribution in [0.5, 0.6) is 0 Å². The SMILES string of the molecule is Cc1ccc(NS(=O)(=O)c2ccc(F)cc2)c(-n2cccn2)c1. The molecule has 1 aromatic heterocycles. The lowest BCUT2D eigenvalue weighted by Crippen LogP contribution is -2.15. The van der Waals surface area contributed by atoms with Crippen LogP contribution >= 0.6 is 0 Å². The van der Waals surface area contributed by atoms with Gasteiger partial charge in [0.2, 0.25) is 0 Å². The lowest BCUT2D eigenvalue weighted by atomic mass is 10.2. The Bertz CT molecular complexity index is 920. The Morgan fingerprint density at radius 3 is 2.52 bits per heavy atom. The molecule has 23 heavy (non-hydrogen) atoms. The van der Waals surface area contributed by atoms with Gasteiger partial charge in [0.1, 0.15) is 5.82 Å². The van der Waals surface area contributed by atoms with Crippen molar-refractivity contribution in [2.24, 2.45) is 0 Å². The first-order valence-electron chi connectivity index (χ1n) is 6.85. The number of halogens is 1. The molecule has 1 heterocycles. The van der Waals surface area contributed by atoms with Crippen molar-refractivity contribution >= 4 is 15.7 Å². The molecule has 0 aliphatic carbocycles. The summed E-state index contributed by atoms with van der Waals surface area (Å²) < 4.78 is 42.0. The summed E-state index contributed by atoms with van der Waals surface area (Å²) in [5.74, 6) is -0.489. The van der Waals surface area contributed by atoms with E-state index in [0.717, 1.165) is 17.7 Å². The van der Waals surface area contributed by atoms with Gasteiger partial charge < -0.3 is 0 Å². The van der Waals surface area contributed by atoms with Crippen molar-refractivity contribution < 1.29 is 12.8 Å². The Labute approximate surface area is 133 Å². The Morgan fingerprint density at radius 1 is 1.13 bits per heavy atom. The molecule has 118 valence electrons. The van der Waals surface area contributed by atoms with Gasteiger partial charge in [0.25, 0.3) is 10.0 Å². The summed E-state index contributed by atoms with van der Waals surface area (Å²) in [4.78, 5) is -0.00843. The standard InChI is InChI=1S/C16H14FN3O2S/c1-12-3-8-15(16(11-12)20-10-2-9-18-20)19-23(21,22)14-6-4-13(17)5-7-14/h2-11,19H,1H3. The summed E-state index contributed by atoms with van der Waals surface area (Å²) in [7, 11) is -3.81. The minimum atomic E-state index is -3.81. The summed E-state index contributed by atoms with van der Waals surface area (Å²) in [5.41, 5.74) is 1.98. The zero-order valence-corrected chi connectivity index (χ0v) is 13.1. The van der Waals surface area contributed by atoms with E-state index in [0.29, 0.717) is 11.4 Å². The van der Waals surface area contributed by atoms with Crippen molar-refractivity contribution in [3.8, 4) is 5.69 Å². The molecule has 0 radical (unpaired) electrons. The van der Waals surface area contributed by atoms with Crippen LogP contribution in [0.3, 0.4) is 0 Å². The van der Waals surface area contributed by atoms with E-state index in [9.17, 15) is 12.8 Å². The highest BCUT2D eigenvalue weighted by molar-refractivity contribution is 7.92. The van der Waals surface area contributed by atoms with Gasteiger partial charge >= 0.3 is 0 Å². The number of sulfonamides is 1. The molecule has 0 atom stereocenters. The molecular formula is C16H14FN3O2S. The average Bonchev–Trinajstić information content (AvgIpc) is 3.03. The van der Waals surface area contributed by atoms with Crippen LogP contribution in [0.4, 0.5) is 10.1 Å². The smallest absolute Gasteiger partial charge is 0.261 e. The Balaban J connectivity index is 2.01. The second-order valence-corrected chi connectivity index (χ2v) is 6.71. The van der Waals surface area contributed by atoms with E-state index in [1.54, 1.807) is 35.3 Å². The number of hydrogen-bond acceptors (Lipinski definition) is 3. The molecule has 0 unspecified atom stereocenters. The number of hydrogen-bond donors (Lipinski definition) is 1. The molecule has 0 fully saturated rings. The molecule has 5 nitrogen and oxygen atoms in total. The van der Waals surface area contributed by atoms with Gasteiger partial charge in [-0.2, -0.15) is 5.10 Å². The van der Waals surface area contributed by atoms with Gasteiger partial charge in [0, 0.05) is 12.4 Å². The highest BCUT2D eigenvalue weighted by Gasteiger charge is 2.17. The summed E-state index contributed by atoms with van der Waals surface area (Å²) in [6.07, 6.45) is 3.34. The number of aryl methyl sites for hydroxylation is 1. The van der Waals surface area contributed by atoms with Gasteiger partial charge in [0.05, 0.1) is 16.3 Å². The van der Waals surface area contributed by atoms with E-state index in [1.165, 1.54) is 12.1 Å². The zero-order valence-electron chi connectivity index (χ0n) is 12.3. The van der Waals surface area contributed by atoms with E-state index in [4.69, 9.17) is 0 Å². The minimum Gasteiger partial charge on any atom is -0.277 e. The number of nitrogens with one attached hydrogen (secondary N) is 1. The third kappa shape index (κ3) is 3.24. The van der Waals surface area contributed by atoms with Gasteiger partial charge in [-0.1, -0.05) is 6.07 Å². The molecule has 0 bridgehead atoms. The largest absolute Gasteiger partial charge is 0.277 e. The first kappa shape index (κ1) is 15.2. The second-order valence-electron chi connectivity index (χ2n) is 5.03. The molecular weight excluding hydrogens is 317 g/mol. The van der Waals surface area contributed by atoms with Crippen LogP contribution in [0.2, 0.25) is 0 Å². The molecule has 0 amide bonds. The van der Waals surface area contributed by atoms with Crippen LogP contribution in [-0.4, -0.2) is 18.2 Å². The van der Waals surface area contributed by atoms with Gasteiger partial charge in [-0.05, 0) is 55.0 Å². The minimum absolute atomic E-state index is 0.00843. The molecule has 3 rings (SSSR count). The first-order chi connectivity index (χ1) is 11.0. The van der Waals surface area contributed by atoms with Crippen LogP contribution in [0, 0.1) is 12.7 Å². The van der Waals surface area contributed by atoms with Crippen LogP contribution in [0.15, 0.2) is 65.8 Å². The maximum atomic E-state index is 13.0. The predicted octanol–water partition coefficient (Wildman–Crippen LogP) is 3.12. The van der Waals surface area contributed by atoms with Crippen molar-refractivity contribution in [3.05, 3.63) is 72.3 Å². The average molecular weight is 331 g/mol. The molecule has 7 heteroatoms. The fourth-order valence-electron chi connectivity index (χ4n) is 2.15. The highest BCUT2D eigenvalue weighted by Crippen LogP contribution is 2.24. The molecule has 0 spiro atoms. The lowest BCUT2D eigenvalue weighted by molar-refractivity contribution is 0.599. The molecule has 1 N–H and O–H groups in total. The summed E-state index contributed by atoms with van der Waals surface area (Å²) in [6, 6.07) is 11.7. The van der Waals surface area contributed by atoms with Crippen molar-refractivity contribution in [1.29, 1.82) is 0 Å². The summed E-state index contributed by atoms with van der Waals surface area (Å²) >= 11 is 0. The first-order valence-corrected chi connectivity index (χ1v) is 8.33. The number of nitrogens with zero attached hydrogens (tertiary/aromatic N) is 2. The lowest BCUT2D eigenvalue weighted by Gasteiger charge is -2.13. The number of aromatic nitrogens is 2. The Morgan fingerprint density at radius 2 is 1.87 bits per heavy atom. The van der Waals surface area contributed by atoms with Crippen LogP contribution in [0.1, 0.15) is 5.56 Å². The van der Waals surface area contributed by atoms with Crippen molar-refractivity contribution in [2.45, 2.75) is 11.8 Å². The van der Waals surface area contributed by atoms with Crippen molar-refractivity contribution in [2.75, 3.05) is 4.72 Å². The van der Waals surface area contributed by atoms with Gasteiger partial charge in [-0.25, -0.2) is 17.5 Å². The molecule has 0 saturated carbocycles. The van der Waals surface area contributed by atoms with Crippen LogP contribution in [-0.2, 0) is 10.0 Å². The maximum absolute atomic E-state index is 13.0. The Hall–Kier alpha value is -2.67. The number of benzene rings is 2. The molecule has 0 saturated heterocycles. The molecule has 0 aliphatic rings. The predicted molar refractivity (Wildman–Crippen MR) is 85.5 cm³/mol. The Kier molecular flexibility index (Phi) is 3.87. The number of rotatable bonds is 4. The second kappa shape index (κ2) is 5.85. The third-order valence-corrected chi connectivity index (χ3v) is 4.65. The van der Waals surface area contributed by atoms with Gasteiger partial charge in [-0.15, -0.1) is 0 Å². The topological polar surface area (TPSA) is 64.0 Å². The zero-order chi connectivity index (χ0) is 16.4. The van der Waals surface area contributed by atoms with E-state index in [1.807, 2.05) is 13.0 Å². The summed E-state index contributed by atoms with van der Waals surface area (Å²) in [5, 5.41) is 4.13. The highest BCUT2D eigenvalue weighted by atomic mass is 32.2. The number of anilines is 1. The normalized spacial score (nSPS) is 11.4. The molecule has 3 aromatic rings. The van der Waals surface area contributed by atoms with Gasteiger partial charge in [0.15, 0.2) is 0 Å². The van der Waals surface area contributed by atoms with E-state index < -0.39 is 15.8 Å². The van der Waals surface area contributed by atoms with Crippen LogP contribution in [0.25, 0.3) is 5.69 Å². The fourth-order valence-corrected chi connectivity index (χ4v) is 3.22. The quantitative estimate of drug-likeness (QED) is 0.799. The maximum Gasteiger partial charge on any atom is 0.261 e. The van der Waals surface area contributed by atoms with E-state index >= 15 is 0 Å². The van der Waals surface area contributed by atoms with E-state index in [2.05, 4.69) is 9.82 Å².